The SMILES string of the molecule is O=C(O)C1(CNc2ccc3[nH]c(=O)[nH]c3c2)COC1. The number of H-pyrrole nitrogens is 2. The van der Waals surface area contributed by atoms with Gasteiger partial charge in [0.25, 0.3) is 0 Å². The van der Waals surface area contributed by atoms with E-state index >= 15 is 0 Å². The molecule has 0 amide bonds. The highest BCUT2D eigenvalue weighted by Gasteiger charge is 2.46. The number of ether oxygens (including phenoxy) is 1. The highest BCUT2D eigenvalue weighted by atomic mass is 16.5. The molecule has 0 spiro atoms. The molecule has 0 radical (unpaired) electrons. The van der Waals surface area contributed by atoms with Gasteiger partial charge in [0.2, 0.25) is 0 Å². The van der Waals surface area contributed by atoms with E-state index in [2.05, 4.69) is 15.3 Å². The molecule has 1 fully saturated rings. The normalized spacial score (nSPS) is 17.1. The first kappa shape index (κ1) is 11.8. The van der Waals surface area contributed by atoms with Gasteiger partial charge in [-0.1, -0.05) is 0 Å². The second-order valence-electron chi connectivity index (χ2n) is 4.77. The zero-order valence-corrected chi connectivity index (χ0v) is 10.0. The van der Waals surface area contributed by atoms with Crippen LogP contribution < -0.4 is 11.0 Å². The molecular weight excluding hydrogens is 250 g/mol. The Morgan fingerprint density at radius 2 is 2.11 bits per heavy atom. The van der Waals surface area contributed by atoms with Crippen molar-refractivity contribution in [1.29, 1.82) is 0 Å². The van der Waals surface area contributed by atoms with E-state index < -0.39 is 11.4 Å². The van der Waals surface area contributed by atoms with E-state index in [1.54, 1.807) is 18.2 Å². The summed E-state index contributed by atoms with van der Waals surface area (Å²) in [4.78, 5) is 27.6. The monoisotopic (exact) mass is 263 g/mol. The van der Waals surface area contributed by atoms with Gasteiger partial charge in [0.1, 0.15) is 5.41 Å². The number of aromatic nitrogens is 2. The van der Waals surface area contributed by atoms with E-state index in [-0.39, 0.29) is 18.9 Å². The lowest BCUT2D eigenvalue weighted by molar-refractivity contribution is -0.176. The predicted molar refractivity (Wildman–Crippen MR) is 68.3 cm³/mol. The molecule has 1 aliphatic rings. The topological polar surface area (TPSA) is 107 Å². The number of carbonyl (C=O) groups is 1. The molecular formula is C12H13N3O4. The van der Waals surface area contributed by atoms with Crippen LogP contribution in [0.4, 0.5) is 5.69 Å². The number of carboxylic acids is 1. The number of aliphatic carboxylic acids is 1. The standard InChI is InChI=1S/C12H13N3O4/c16-10(17)12(5-19-6-12)4-13-7-1-2-8-9(3-7)15-11(18)14-8/h1-3,13H,4-6H2,(H,16,17)(H2,14,15,18). The van der Waals surface area contributed by atoms with Gasteiger partial charge in [-0.15, -0.1) is 0 Å². The van der Waals surface area contributed by atoms with E-state index in [1.807, 2.05) is 0 Å². The number of aromatic amines is 2. The van der Waals surface area contributed by atoms with Crippen LogP contribution in [0.5, 0.6) is 0 Å². The summed E-state index contributed by atoms with van der Waals surface area (Å²) in [6.45, 7) is 0.736. The van der Waals surface area contributed by atoms with Crippen LogP contribution in [0.15, 0.2) is 23.0 Å². The molecule has 4 N–H and O–H groups in total. The van der Waals surface area contributed by atoms with Gasteiger partial charge < -0.3 is 25.1 Å². The second kappa shape index (κ2) is 4.13. The molecule has 19 heavy (non-hydrogen) atoms. The number of hydrogen-bond donors (Lipinski definition) is 4. The maximum Gasteiger partial charge on any atom is 0.323 e. The summed E-state index contributed by atoms with van der Waals surface area (Å²) in [5.74, 6) is -0.859. The van der Waals surface area contributed by atoms with Crippen LogP contribution >= 0.6 is 0 Å². The van der Waals surface area contributed by atoms with E-state index in [4.69, 9.17) is 9.84 Å². The zero-order valence-electron chi connectivity index (χ0n) is 10.0. The third-order valence-corrected chi connectivity index (χ3v) is 3.36. The minimum atomic E-state index is -0.859. The Kier molecular flexibility index (Phi) is 2.56. The molecule has 0 saturated carbocycles. The van der Waals surface area contributed by atoms with Crippen molar-refractivity contribution in [2.75, 3.05) is 25.1 Å². The van der Waals surface area contributed by atoms with Gasteiger partial charge >= 0.3 is 11.7 Å². The first-order valence-electron chi connectivity index (χ1n) is 5.86. The Labute approximate surface area is 107 Å². The quantitative estimate of drug-likeness (QED) is 0.637. The van der Waals surface area contributed by atoms with E-state index in [9.17, 15) is 9.59 Å². The van der Waals surface area contributed by atoms with Gasteiger partial charge in [-0.05, 0) is 18.2 Å². The fourth-order valence-electron chi connectivity index (χ4n) is 2.06. The zero-order chi connectivity index (χ0) is 13.5. The van der Waals surface area contributed by atoms with Crippen LogP contribution in [-0.2, 0) is 9.53 Å². The molecule has 0 aliphatic carbocycles. The minimum absolute atomic E-state index is 0.221. The first-order chi connectivity index (χ1) is 9.09. The van der Waals surface area contributed by atoms with Crippen molar-refractivity contribution in [2.24, 2.45) is 5.41 Å². The number of benzene rings is 1. The Hall–Kier alpha value is -2.28. The largest absolute Gasteiger partial charge is 0.481 e. The number of anilines is 1. The van der Waals surface area contributed by atoms with Gasteiger partial charge in [0.05, 0.1) is 24.2 Å². The lowest BCUT2D eigenvalue weighted by atomic mass is 9.86. The summed E-state index contributed by atoms with van der Waals surface area (Å²) in [5.41, 5.74) is 1.05. The van der Waals surface area contributed by atoms with Gasteiger partial charge in [0.15, 0.2) is 0 Å². The van der Waals surface area contributed by atoms with Gasteiger partial charge in [-0.3, -0.25) is 4.79 Å². The summed E-state index contributed by atoms with van der Waals surface area (Å²) in [6.07, 6.45) is 0. The van der Waals surface area contributed by atoms with E-state index in [0.717, 1.165) is 11.2 Å². The molecule has 3 rings (SSSR count). The van der Waals surface area contributed by atoms with Crippen LogP contribution in [0.1, 0.15) is 0 Å². The fraction of sp³-hybridized carbons (Fsp3) is 0.333. The lowest BCUT2D eigenvalue weighted by Crippen LogP contribution is -2.53. The van der Waals surface area contributed by atoms with Crippen molar-refractivity contribution < 1.29 is 14.6 Å². The molecule has 100 valence electrons. The Morgan fingerprint density at radius 3 is 2.74 bits per heavy atom. The van der Waals surface area contributed by atoms with Crippen molar-refractivity contribution in [3.05, 3.63) is 28.7 Å². The highest BCUT2D eigenvalue weighted by molar-refractivity contribution is 5.80. The molecule has 7 heteroatoms. The molecule has 2 aromatic rings. The van der Waals surface area contributed by atoms with Gasteiger partial charge in [0, 0.05) is 12.2 Å². The molecule has 7 nitrogen and oxygen atoms in total. The highest BCUT2D eigenvalue weighted by Crippen LogP contribution is 2.28. The maximum atomic E-state index is 11.2. The first-order valence-corrected chi connectivity index (χ1v) is 5.86. The smallest absolute Gasteiger partial charge is 0.323 e. The average molecular weight is 263 g/mol. The van der Waals surface area contributed by atoms with Crippen LogP contribution in [0.3, 0.4) is 0 Å². The van der Waals surface area contributed by atoms with Crippen molar-refractivity contribution in [3.63, 3.8) is 0 Å². The average Bonchev–Trinajstić information content (AvgIpc) is 2.66. The van der Waals surface area contributed by atoms with Crippen LogP contribution in [0.25, 0.3) is 11.0 Å². The molecule has 0 atom stereocenters. The summed E-state index contributed by atoms with van der Waals surface area (Å²) in [5, 5.41) is 12.2. The fourth-order valence-corrected chi connectivity index (χ4v) is 2.06. The molecule has 1 aromatic heterocycles. The molecule has 0 unspecified atom stereocenters. The van der Waals surface area contributed by atoms with Crippen molar-refractivity contribution in [3.8, 4) is 0 Å². The number of rotatable bonds is 4. The second-order valence-corrected chi connectivity index (χ2v) is 4.77. The van der Waals surface area contributed by atoms with E-state index in [1.165, 1.54) is 0 Å². The number of hydrogen-bond acceptors (Lipinski definition) is 4. The Morgan fingerprint density at radius 1 is 1.37 bits per heavy atom. The van der Waals surface area contributed by atoms with Crippen molar-refractivity contribution in [2.45, 2.75) is 0 Å². The third-order valence-electron chi connectivity index (χ3n) is 3.36. The molecule has 2 heterocycles. The number of carboxylic acid groups (broad SMARTS) is 1. The lowest BCUT2D eigenvalue weighted by Gasteiger charge is -2.37. The summed E-state index contributed by atoms with van der Waals surface area (Å²) in [7, 11) is 0. The maximum absolute atomic E-state index is 11.2. The van der Waals surface area contributed by atoms with Gasteiger partial charge in [-0.2, -0.15) is 0 Å². The molecule has 1 saturated heterocycles. The Balaban J connectivity index is 1.78. The summed E-state index contributed by atoms with van der Waals surface area (Å²) < 4.78 is 4.99. The van der Waals surface area contributed by atoms with Crippen molar-refractivity contribution >= 4 is 22.7 Å². The van der Waals surface area contributed by atoms with Crippen LogP contribution in [-0.4, -0.2) is 40.8 Å². The van der Waals surface area contributed by atoms with Crippen molar-refractivity contribution in [1.82, 2.24) is 9.97 Å². The number of fused-ring (bicyclic) bond motifs is 1. The third kappa shape index (κ3) is 1.97. The van der Waals surface area contributed by atoms with Crippen LogP contribution in [0.2, 0.25) is 0 Å². The predicted octanol–water partition coefficient (Wildman–Crippen LogP) is 0.369. The van der Waals surface area contributed by atoms with Gasteiger partial charge in [-0.25, -0.2) is 4.79 Å². The Bertz CT molecular complexity index is 684. The number of imidazole rings is 1. The summed E-state index contributed by atoms with van der Waals surface area (Å²) in [6, 6.07) is 5.32. The minimum Gasteiger partial charge on any atom is -0.481 e. The molecule has 1 aliphatic heterocycles. The molecule has 1 aromatic carbocycles. The summed E-state index contributed by atoms with van der Waals surface area (Å²) >= 11 is 0. The number of nitrogens with one attached hydrogen (secondary N) is 3. The van der Waals surface area contributed by atoms with E-state index in [0.29, 0.717) is 12.1 Å². The molecule has 0 bridgehead atoms. The van der Waals surface area contributed by atoms with Crippen LogP contribution in [0, 0.1) is 5.41 Å².